The van der Waals surface area contributed by atoms with Gasteiger partial charge < -0.3 is 9.84 Å². The minimum Gasteiger partial charge on any atom is -0.481 e. The molecule has 3 rings (SSSR count). The number of carboxylic acid groups (broad SMARTS) is 1. The van der Waals surface area contributed by atoms with Crippen molar-refractivity contribution in [3.8, 4) is 11.1 Å². The third-order valence-corrected chi connectivity index (χ3v) is 4.89. The summed E-state index contributed by atoms with van der Waals surface area (Å²) < 4.78 is 5.50. The summed E-state index contributed by atoms with van der Waals surface area (Å²) >= 11 is 0. The number of ether oxygens (including phenoxy) is 1. The fraction of sp³-hybridized carbons (Fsp3) is 0.364. The lowest BCUT2D eigenvalue weighted by Crippen LogP contribution is -2.22. The Morgan fingerprint density at radius 2 is 1.54 bits per heavy atom. The maximum Gasteiger partial charge on any atom is 0.307 e. The lowest BCUT2D eigenvalue weighted by Gasteiger charge is -2.17. The molecule has 1 unspecified atom stereocenters. The topological polar surface area (TPSA) is 63.6 Å². The Morgan fingerprint density at radius 3 is 2.04 bits per heavy atom. The molecule has 1 N–H and O–H groups in total. The van der Waals surface area contributed by atoms with Gasteiger partial charge in [-0.25, -0.2) is 0 Å². The van der Waals surface area contributed by atoms with E-state index in [1.165, 1.54) is 11.1 Å². The molecule has 0 spiro atoms. The number of fused-ring (bicyclic) bond motifs is 3. The molecule has 136 valence electrons. The number of aliphatic carboxylic acids is 1. The fourth-order valence-electron chi connectivity index (χ4n) is 3.72. The highest BCUT2D eigenvalue weighted by molar-refractivity contribution is 5.80. The van der Waals surface area contributed by atoms with Crippen LogP contribution in [0.15, 0.2) is 48.5 Å². The molecule has 4 heteroatoms. The fourth-order valence-corrected chi connectivity index (χ4v) is 3.72. The van der Waals surface area contributed by atoms with Crippen LogP contribution in [0.2, 0.25) is 0 Å². The molecule has 4 nitrogen and oxygen atoms in total. The molecule has 0 amide bonds. The minimum absolute atomic E-state index is 0.000253. The summed E-state index contributed by atoms with van der Waals surface area (Å²) in [6.07, 6.45) is 0.392. The number of benzene rings is 2. The Kier molecular flexibility index (Phi) is 5.40. The van der Waals surface area contributed by atoms with Crippen molar-refractivity contribution in [3.63, 3.8) is 0 Å². The Morgan fingerprint density at radius 1 is 1.00 bits per heavy atom. The Hall–Kier alpha value is -2.62. The molecule has 2 aromatic carbocycles. The summed E-state index contributed by atoms with van der Waals surface area (Å²) in [6, 6.07) is 16.3. The second-order valence-corrected chi connectivity index (χ2v) is 7.28. The lowest BCUT2D eigenvalue weighted by molar-refractivity contribution is -0.152. The average Bonchev–Trinajstić information content (AvgIpc) is 2.93. The number of hydrogen-bond acceptors (Lipinski definition) is 3. The van der Waals surface area contributed by atoms with E-state index in [4.69, 9.17) is 4.74 Å². The molecular weight excluding hydrogens is 328 g/mol. The van der Waals surface area contributed by atoms with E-state index in [-0.39, 0.29) is 24.9 Å². The number of rotatable bonds is 7. The van der Waals surface area contributed by atoms with Crippen LogP contribution in [-0.4, -0.2) is 23.7 Å². The molecule has 2 aromatic rings. The van der Waals surface area contributed by atoms with Gasteiger partial charge in [0.1, 0.15) is 6.61 Å². The van der Waals surface area contributed by atoms with Gasteiger partial charge in [-0.1, -0.05) is 62.4 Å². The summed E-state index contributed by atoms with van der Waals surface area (Å²) in [4.78, 5) is 23.6. The van der Waals surface area contributed by atoms with Crippen molar-refractivity contribution in [2.75, 3.05) is 6.61 Å². The van der Waals surface area contributed by atoms with Crippen LogP contribution in [0.1, 0.15) is 43.7 Å². The molecular formula is C22H24O4. The zero-order valence-electron chi connectivity index (χ0n) is 15.1. The summed E-state index contributed by atoms with van der Waals surface area (Å²) in [7, 11) is 0. The minimum atomic E-state index is -0.938. The van der Waals surface area contributed by atoms with E-state index in [2.05, 4.69) is 24.3 Å². The second kappa shape index (κ2) is 7.73. The monoisotopic (exact) mass is 352 g/mol. The first kappa shape index (κ1) is 18.2. The molecule has 0 radical (unpaired) electrons. The van der Waals surface area contributed by atoms with Gasteiger partial charge in [-0.3, -0.25) is 9.59 Å². The molecule has 1 aliphatic rings. The van der Waals surface area contributed by atoms with Crippen LogP contribution in [0, 0.1) is 11.8 Å². The lowest BCUT2D eigenvalue weighted by atomic mass is 9.94. The Labute approximate surface area is 153 Å². The van der Waals surface area contributed by atoms with Crippen LogP contribution in [0.4, 0.5) is 0 Å². The summed E-state index contributed by atoms with van der Waals surface area (Å²) in [5, 5.41) is 9.30. The van der Waals surface area contributed by atoms with Gasteiger partial charge in [0.15, 0.2) is 0 Å². The van der Waals surface area contributed by atoms with Gasteiger partial charge >= 0.3 is 11.9 Å². The molecule has 0 heterocycles. The zero-order chi connectivity index (χ0) is 18.7. The number of carboxylic acids is 1. The van der Waals surface area contributed by atoms with Gasteiger partial charge in [0.05, 0.1) is 12.3 Å². The molecule has 0 saturated carbocycles. The number of carbonyl (C=O) groups is 2. The highest BCUT2D eigenvalue weighted by Gasteiger charge is 2.30. The van der Waals surface area contributed by atoms with Crippen molar-refractivity contribution in [1.82, 2.24) is 0 Å². The first-order valence-corrected chi connectivity index (χ1v) is 9.04. The molecule has 0 bridgehead atoms. The second-order valence-electron chi connectivity index (χ2n) is 7.28. The van der Waals surface area contributed by atoms with E-state index in [1.54, 1.807) is 0 Å². The van der Waals surface area contributed by atoms with Crippen molar-refractivity contribution < 1.29 is 19.4 Å². The summed E-state index contributed by atoms with van der Waals surface area (Å²) in [5.74, 6) is -1.85. The zero-order valence-corrected chi connectivity index (χ0v) is 15.1. The number of esters is 1. The average molecular weight is 352 g/mol. The third kappa shape index (κ3) is 3.79. The highest BCUT2D eigenvalue weighted by Crippen LogP contribution is 2.44. The predicted octanol–water partition coefficient (Wildman–Crippen LogP) is 4.48. The maximum absolute atomic E-state index is 12.2. The van der Waals surface area contributed by atoms with Crippen molar-refractivity contribution in [1.29, 1.82) is 0 Å². The van der Waals surface area contributed by atoms with Crippen LogP contribution in [0.25, 0.3) is 11.1 Å². The van der Waals surface area contributed by atoms with Gasteiger partial charge in [-0.2, -0.15) is 0 Å². The molecule has 26 heavy (non-hydrogen) atoms. The van der Waals surface area contributed by atoms with Gasteiger partial charge in [-0.15, -0.1) is 0 Å². The van der Waals surface area contributed by atoms with E-state index in [9.17, 15) is 14.7 Å². The molecule has 0 saturated heterocycles. The molecule has 1 aliphatic carbocycles. The van der Waals surface area contributed by atoms with Crippen molar-refractivity contribution in [3.05, 3.63) is 59.7 Å². The molecule has 0 fully saturated rings. The summed E-state index contributed by atoms with van der Waals surface area (Å²) in [5.41, 5.74) is 4.65. The van der Waals surface area contributed by atoms with Crippen LogP contribution in [0.5, 0.6) is 0 Å². The first-order chi connectivity index (χ1) is 12.5. The Bertz CT molecular complexity index is 764. The number of carbonyl (C=O) groups excluding carboxylic acids is 1. The van der Waals surface area contributed by atoms with Crippen molar-refractivity contribution in [2.45, 2.75) is 32.6 Å². The Balaban J connectivity index is 1.70. The summed E-state index contributed by atoms with van der Waals surface area (Å²) in [6.45, 7) is 4.14. The van der Waals surface area contributed by atoms with Crippen LogP contribution in [-0.2, 0) is 14.3 Å². The van der Waals surface area contributed by atoms with Gasteiger partial charge in [0.25, 0.3) is 0 Å². The standard InChI is InChI=1S/C22H24O4/c1-14(2)11-15(22(24)25)12-21(23)26-13-20-18-9-5-3-7-16(18)17-8-4-6-10-19(17)20/h3-10,14-15,20H,11-13H2,1-2H3,(H,24,25). The molecule has 0 aromatic heterocycles. The van der Waals surface area contributed by atoms with Crippen LogP contribution >= 0.6 is 0 Å². The van der Waals surface area contributed by atoms with Gasteiger partial charge in [0.2, 0.25) is 0 Å². The quantitative estimate of drug-likeness (QED) is 0.746. The van der Waals surface area contributed by atoms with E-state index in [0.717, 1.165) is 11.1 Å². The predicted molar refractivity (Wildman–Crippen MR) is 99.9 cm³/mol. The van der Waals surface area contributed by atoms with Gasteiger partial charge in [0, 0.05) is 5.92 Å². The normalized spacial score (nSPS) is 14.0. The first-order valence-electron chi connectivity index (χ1n) is 9.04. The van der Waals surface area contributed by atoms with Gasteiger partial charge in [-0.05, 0) is 34.6 Å². The maximum atomic E-state index is 12.2. The molecule has 1 atom stereocenters. The SMILES string of the molecule is CC(C)CC(CC(=O)OCC1c2ccccc2-c2ccccc21)C(=O)O. The van der Waals surface area contributed by atoms with Crippen molar-refractivity contribution >= 4 is 11.9 Å². The smallest absolute Gasteiger partial charge is 0.307 e. The highest BCUT2D eigenvalue weighted by atomic mass is 16.5. The van der Waals surface area contributed by atoms with E-state index < -0.39 is 17.9 Å². The van der Waals surface area contributed by atoms with E-state index in [0.29, 0.717) is 6.42 Å². The van der Waals surface area contributed by atoms with Crippen LogP contribution in [0.3, 0.4) is 0 Å². The number of hydrogen-bond donors (Lipinski definition) is 1. The largest absolute Gasteiger partial charge is 0.481 e. The van der Waals surface area contributed by atoms with E-state index in [1.807, 2.05) is 38.1 Å². The van der Waals surface area contributed by atoms with Crippen molar-refractivity contribution in [2.24, 2.45) is 11.8 Å². The third-order valence-electron chi connectivity index (χ3n) is 4.89. The van der Waals surface area contributed by atoms with Crippen LogP contribution < -0.4 is 0 Å². The van der Waals surface area contributed by atoms with E-state index >= 15 is 0 Å². The molecule has 0 aliphatic heterocycles.